The van der Waals surface area contributed by atoms with Gasteiger partial charge in [0.05, 0.1) is 17.9 Å². The summed E-state index contributed by atoms with van der Waals surface area (Å²) in [6.45, 7) is 5.36. The zero-order chi connectivity index (χ0) is 18.3. The van der Waals surface area contributed by atoms with Crippen molar-refractivity contribution in [1.82, 2.24) is 15.1 Å². The van der Waals surface area contributed by atoms with Crippen molar-refractivity contribution in [3.05, 3.63) is 57.6 Å². The van der Waals surface area contributed by atoms with Crippen LogP contribution in [0, 0.1) is 6.92 Å². The van der Waals surface area contributed by atoms with E-state index in [0.29, 0.717) is 30.1 Å². The van der Waals surface area contributed by atoms with E-state index in [9.17, 15) is 4.79 Å². The van der Waals surface area contributed by atoms with Crippen LogP contribution in [0.15, 0.2) is 39.4 Å². The van der Waals surface area contributed by atoms with Crippen LogP contribution >= 0.6 is 15.9 Å². The maximum absolute atomic E-state index is 12.7. The molecule has 1 N–H and O–H groups in total. The number of nitrogens with zero attached hydrogens (tertiary/aromatic N) is 2. The number of H-pyrrole nitrogens is 1. The summed E-state index contributed by atoms with van der Waals surface area (Å²) < 4.78 is 11.8. The molecule has 1 aliphatic heterocycles. The molecule has 3 aromatic rings. The molecule has 7 heteroatoms. The van der Waals surface area contributed by atoms with Gasteiger partial charge in [-0.1, -0.05) is 11.6 Å². The number of carbonyl (C=O) groups excluding carboxylic acids is 1. The van der Waals surface area contributed by atoms with Crippen molar-refractivity contribution in [2.24, 2.45) is 0 Å². The van der Waals surface area contributed by atoms with E-state index < -0.39 is 0 Å². The number of aryl methyl sites for hydroxylation is 1. The minimum absolute atomic E-state index is 0.164. The van der Waals surface area contributed by atoms with Crippen LogP contribution in [0.1, 0.15) is 34.3 Å². The van der Waals surface area contributed by atoms with Crippen LogP contribution < -0.4 is 4.74 Å². The van der Waals surface area contributed by atoms with Crippen molar-refractivity contribution in [2.45, 2.75) is 27.0 Å². The van der Waals surface area contributed by atoms with Crippen molar-refractivity contribution in [2.75, 3.05) is 6.54 Å². The summed E-state index contributed by atoms with van der Waals surface area (Å²) in [7, 11) is 0. The highest BCUT2D eigenvalue weighted by atomic mass is 79.9. The number of hydrogen-bond donors (Lipinski definition) is 1. The number of aromatic nitrogens is 2. The number of furan rings is 1. The second-order valence-electron chi connectivity index (χ2n) is 6.24. The van der Waals surface area contributed by atoms with Crippen LogP contribution in [-0.4, -0.2) is 27.5 Å². The van der Waals surface area contributed by atoms with Gasteiger partial charge >= 0.3 is 0 Å². The standard InChI is InChI=1S/C19H18BrN3O3/c1-3-23(19(24)16-6-7-17(20)26-16)9-14-13-10-25-15-5-4-11(2)8-12(15)18(13)22-21-14/h4-8H,3,9-10H2,1-2H3,(H,21,22). The Bertz CT molecular complexity index is 976. The number of aromatic amines is 1. The van der Waals surface area contributed by atoms with Gasteiger partial charge in [-0.25, -0.2) is 0 Å². The van der Waals surface area contributed by atoms with E-state index in [-0.39, 0.29) is 5.91 Å². The van der Waals surface area contributed by atoms with Crippen molar-refractivity contribution >= 4 is 21.8 Å². The van der Waals surface area contributed by atoms with E-state index in [2.05, 4.69) is 32.2 Å². The third-order valence-corrected chi connectivity index (χ3v) is 4.95. The summed E-state index contributed by atoms with van der Waals surface area (Å²) in [5.41, 5.74) is 4.94. The lowest BCUT2D eigenvalue weighted by Crippen LogP contribution is -2.30. The van der Waals surface area contributed by atoms with Crippen LogP contribution in [0.3, 0.4) is 0 Å². The molecule has 0 radical (unpaired) electrons. The van der Waals surface area contributed by atoms with Crippen molar-refractivity contribution in [3.8, 4) is 17.0 Å². The minimum atomic E-state index is -0.164. The molecule has 0 unspecified atom stereocenters. The molecular formula is C19H18BrN3O3. The molecule has 3 heterocycles. The number of ether oxygens (including phenoxy) is 1. The first-order chi connectivity index (χ1) is 12.6. The molecule has 0 fully saturated rings. The monoisotopic (exact) mass is 415 g/mol. The van der Waals surface area contributed by atoms with E-state index in [1.54, 1.807) is 17.0 Å². The second kappa shape index (κ2) is 6.64. The maximum Gasteiger partial charge on any atom is 0.289 e. The Kier molecular flexibility index (Phi) is 4.32. The number of carbonyl (C=O) groups is 1. The molecule has 0 spiro atoms. The molecule has 1 amide bonds. The average molecular weight is 416 g/mol. The molecule has 0 atom stereocenters. The first kappa shape index (κ1) is 16.9. The number of fused-ring (bicyclic) bond motifs is 3. The average Bonchev–Trinajstić information content (AvgIpc) is 3.25. The zero-order valence-corrected chi connectivity index (χ0v) is 16.1. The van der Waals surface area contributed by atoms with Gasteiger partial charge in [-0.05, 0) is 54.0 Å². The van der Waals surface area contributed by atoms with E-state index in [1.807, 2.05) is 26.0 Å². The summed E-state index contributed by atoms with van der Waals surface area (Å²) in [6, 6.07) is 9.46. The molecule has 26 heavy (non-hydrogen) atoms. The van der Waals surface area contributed by atoms with E-state index >= 15 is 0 Å². The molecule has 1 aliphatic rings. The molecule has 134 valence electrons. The Morgan fingerprint density at radius 1 is 1.35 bits per heavy atom. The molecule has 0 saturated heterocycles. The van der Waals surface area contributed by atoms with Gasteiger partial charge in [-0.15, -0.1) is 0 Å². The third-order valence-electron chi connectivity index (χ3n) is 4.52. The molecule has 0 saturated carbocycles. The van der Waals surface area contributed by atoms with Crippen LogP contribution in [0.4, 0.5) is 0 Å². The lowest BCUT2D eigenvalue weighted by molar-refractivity contribution is 0.0716. The van der Waals surface area contributed by atoms with Crippen LogP contribution in [0.5, 0.6) is 5.75 Å². The van der Waals surface area contributed by atoms with E-state index in [4.69, 9.17) is 9.15 Å². The fraction of sp³-hybridized carbons (Fsp3) is 0.263. The predicted octanol–water partition coefficient (Wildman–Crippen LogP) is 4.30. The van der Waals surface area contributed by atoms with Gasteiger partial charge in [0.25, 0.3) is 5.91 Å². The second-order valence-corrected chi connectivity index (χ2v) is 7.02. The molecule has 0 bridgehead atoms. The molecule has 6 nitrogen and oxygen atoms in total. The molecular weight excluding hydrogens is 398 g/mol. The van der Waals surface area contributed by atoms with Gasteiger partial charge in [0, 0.05) is 17.7 Å². The van der Waals surface area contributed by atoms with Crippen LogP contribution in [0.25, 0.3) is 11.3 Å². The molecule has 1 aromatic carbocycles. The molecule has 4 rings (SSSR count). The fourth-order valence-corrected chi connectivity index (χ4v) is 3.43. The van der Waals surface area contributed by atoms with Gasteiger partial charge < -0.3 is 14.1 Å². The Balaban J connectivity index is 1.63. The van der Waals surface area contributed by atoms with Gasteiger partial charge in [-0.2, -0.15) is 5.10 Å². The first-order valence-corrected chi connectivity index (χ1v) is 9.20. The Morgan fingerprint density at radius 3 is 2.92 bits per heavy atom. The van der Waals surface area contributed by atoms with E-state index in [0.717, 1.165) is 33.8 Å². The van der Waals surface area contributed by atoms with Crippen molar-refractivity contribution in [1.29, 1.82) is 0 Å². The molecule has 0 aliphatic carbocycles. The normalized spacial score (nSPS) is 12.3. The lowest BCUT2D eigenvalue weighted by Gasteiger charge is -2.21. The Labute approximate surface area is 159 Å². The topological polar surface area (TPSA) is 71.4 Å². The number of amides is 1. The summed E-state index contributed by atoms with van der Waals surface area (Å²) in [5.74, 6) is 0.991. The van der Waals surface area contributed by atoms with Crippen LogP contribution in [-0.2, 0) is 13.2 Å². The number of rotatable bonds is 4. The van der Waals surface area contributed by atoms with Crippen molar-refractivity contribution < 1.29 is 13.9 Å². The summed E-state index contributed by atoms with van der Waals surface area (Å²) >= 11 is 3.23. The minimum Gasteiger partial charge on any atom is -0.488 e. The predicted molar refractivity (Wildman–Crippen MR) is 99.9 cm³/mol. The van der Waals surface area contributed by atoms with Crippen LogP contribution in [0.2, 0.25) is 0 Å². The number of hydrogen-bond acceptors (Lipinski definition) is 4. The Morgan fingerprint density at radius 2 is 2.19 bits per heavy atom. The highest BCUT2D eigenvalue weighted by molar-refractivity contribution is 9.10. The Hall–Kier alpha value is -2.54. The summed E-state index contributed by atoms with van der Waals surface area (Å²) in [6.07, 6.45) is 0. The first-order valence-electron chi connectivity index (χ1n) is 8.41. The fourth-order valence-electron chi connectivity index (χ4n) is 3.12. The van der Waals surface area contributed by atoms with Gasteiger partial charge in [0.1, 0.15) is 12.4 Å². The summed E-state index contributed by atoms with van der Waals surface area (Å²) in [5, 5.41) is 7.58. The highest BCUT2D eigenvalue weighted by Crippen LogP contribution is 2.38. The lowest BCUT2D eigenvalue weighted by atomic mass is 10.0. The number of benzene rings is 1. The highest BCUT2D eigenvalue weighted by Gasteiger charge is 2.26. The largest absolute Gasteiger partial charge is 0.488 e. The summed E-state index contributed by atoms with van der Waals surface area (Å²) in [4.78, 5) is 14.4. The number of halogens is 1. The quantitative estimate of drug-likeness (QED) is 0.689. The van der Waals surface area contributed by atoms with Gasteiger partial charge in [0.2, 0.25) is 0 Å². The van der Waals surface area contributed by atoms with Gasteiger partial charge in [0.15, 0.2) is 10.4 Å². The number of nitrogens with one attached hydrogen (secondary N) is 1. The smallest absolute Gasteiger partial charge is 0.289 e. The maximum atomic E-state index is 12.7. The SMILES string of the molecule is CCN(Cc1n[nH]c2c1COc1ccc(C)cc1-2)C(=O)c1ccc(Br)o1. The third kappa shape index (κ3) is 2.92. The van der Waals surface area contributed by atoms with Crippen molar-refractivity contribution in [3.63, 3.8) is 0 Å². The van der Waals surface area contributed by atoms with Gasteiger partial charge in [-0.3, -0.25) is 9.89 Å². The van der Waals surface area contributed by atoms with E-state index in [1.165, 1.54) is 0 Å². The zero-order valence-electron chi connectivity index (χ0n) is 14.5. The molecule has 2 aromatic heterocycles.